The van der Waals surface area contributed by atoms with Gasteiger partial charge in [-0.05, 0) is 37.5 Å². The smallest absolute Gasteiger partial charge is 0.317 e. The second kappa shape index (κ2) is 7.88. The van der Waals surface area contributed by atoms with E-state index in [0.29, 0.717) is 42.8 Å². The van der Waals surface area contributed by atoms with Gasteiger partial charge in [-0.3, -0.25) is 4.79 Å². The molecule has 3 rings (SSSR count). The minimum absolute atomic E-state index is 0.0129. The van der Waals surface area contributed by atoms with Crippen molar-refractivity contribution in [3.63, 3.8) is 0 Å². The summed E-state index contributed by atoms with van der Waals surface area (Å²) < 4.78 is 0. The minimum Gasteiger partial charge on any atom is -0.337 e. The van der Waals surface area contributed by atoms with Crippen LogP contribution in [0, 0.1) is 0 Å². The zero-order chi connectivity index (χ0) is 16.9. The van der Waals surface area contributed by atoms with Crippen LogP contribution in [0.15, 0.2) is 24.3 Å². The van der Waals surface area contributed by atoms with Crippen LogP contribution in [-0.2, 0) is 0 Å². The van der Waals surface area contributed by atoms with Gasteiger partial charge in [0.1, 0.15) is 0 Å². The number of nitrogens with one attached hydrogen (secondary N) is 1. The van der Waals surface area contributed by atoms with Crippen molar-refractivity contribution < 1.29 is 9.59 Å². The van der Waals surface area contributed by atoms with E-state index < -0.39 is 0 Å². The molecule has 1 aromatic carbocycles. The predicted octanol–water partition coefficient (Wildman–Crippen LogP) is 3.14. The van der Waals surface area contributed by atoms with E-state index in [1.165, 1.54) is 12.8 Å². The normalized spacial score (nSPS) is 19.2. The topological polar surface area (TPSA) is 52.7 Å². The van der Waals surface area contributed by atoms with Gasteiger partial charge in [-0.1, -0.05) is 30.5 Å². The van der Waals surface area contributed by atoms with Gasteiger partial charge in [0.05, 0.1) is 0 Å². The van der Waals surface area contributed by atoms with E-state index in [2.05, 4.69) is 5.32 Å². The maximum Gasteiger partial charge on any atom is 0.317 e. The molecule has 1 aliphatic heterocycles. The number of hydrogen-bond donors (Lipinski definition) is 1. The van der Waals surface area contributed by atoms with Crippen molar-refractivity contribution in [1.29, 1.82) is 0 Å². The molecular weight excluding hydrogens is 326 g/mol. The van der Waals surface area contributed by atoms with Crippen molar-refractivity contribution in [2.24, 2.45) is 0 Å². The lowest BCUT2D eigenvalue weighted by Crippen LogP contribution is -2.45. The average Bonchev–Trinajstić information content (AvgIpc) is 2.95. The molecule has 0 bridgehead atoms. The highest BCUT2D eigenvalue weighted by Crippen LogP contribution is 2.18. The van der Waals surface area contributed by atoms with Gasteiger partial charge < -0.3 is 15.1 Å². The van der Waals surface area contributed by atoms with E-state index >= 15 is 0 Å². The highest BCUT2D eigenvalue weighted by molar-refractivity contribution is 6.30. The third kappa shape index (κ3) is 4.20. The van der Waals surface area contributed by atoms with Crippen LogP contribution in [-0.4, -0.2) is 54.0 Å². The predicted molar refractivity (Wildman–Crippen MR) is 94.3 cm³/mol. The number of halogens is 1. The van der Waals surface area contributed by atoms with Crippen LogP contribution in [0.2, 0.25) is 5.02 Å². The van der Waals surface area contributed by atoms with Crippen LogP contribution in [0.1, 0.15) is 42.5 Å². The third-order valence-electron chi connectivity index (χ3n) is 4.82. The number of amides is 3. The lowest BCUT2D eigenvalue weighted by Gasteiger charge is -2.24. The highest BCUT2D eigenvalue weighted by atomic mass is 35.5. The Labute approximate surface area is 147 Å². The largest absolute Gasteiger partial charge is 0.337 e. The first-order chi connectivity index (χ1) is 11.6. The molecule has 24 heavy (non-hydrogen) atoms. The quantitative estimate of drug-likeness (QED) is 0.891. The summed E-state index contributed by atoms with van der Waals surface area (Å²) in [5, 5.41) is 3.69. The molecule has 1 saturated heterocycles. The average molecular weight is 350 g/mol. The Hall–Kier alpha value is -1.75. The summed E-state index contributed by atoms with van der Waals surface area (Å²) in [5.41, 5.74) is 0.603. The summed E-state index contributed by atoms with van der Waals surface area (Å²) in [6.45, 7) is 2.49. The number of rotatable bonds is 2. The van der Waals surface area contributed by atoms with Gasteiger partial charge in [0.15, 0.2) is 0 Å². The van der Waals surface area contributed by atoms with Crippen LogP contribution in [0.3, 0.4) is 0 Å². The summed E-state index contributed by atoms with van der Waals surface area (Å²) in [7, 11) is 0. The molecule has 1 N–H and O–H groups in total. The van der Waals surface area contributed by atoms with Crippen LogP contribution in [0.5, 0.6) is 0 Å². The van der Waals surface area contributed by atoms with E-state index in [1.807, 2.05) is 9.80 Å². The molecule has 0 atom stereocenters. The Morgan fingerprint density at radius 3 is 2.46 bits per heavy atom. The van der Waals surface area contributed by atoms with E-state index in [-0.39, 0.29) is 11.9 Å². The molecule has 1 aromatic rings. The summed E-state index contributed by atoms with van der Waals surface area (Å²) in [6.07, 6.45) is 5.36. The Kier molecular flexibility index (Phi) is 5.61. The number of carbonyl (C=O) groups excluding carboxylic acids is 2. The minimum atomic E-state index is -0.0180. The molecule has 0 radical (unpaired) electrons. The van der Waals surface area contributed by atoms with Crippen molar-refractivity contribution in [3.05, 3.63) is 34.9 Å². The van der Waals surface area contributed by atoms with Crippen molar-refractivity contribution in [3.8, 4) is 0 Å². The van der Waals surface area contributed by atoms with Crippen LogP contribution >= 0.6 is 11.6 Å². The highest BCUT2D eigenvalue weighted by Gasteiger charge is 2.25. The molecule has 1 aliphatic carbocycles. The number of carbonyl (C=O) groups is 2. The standard InChI is InChI=1S/C18H24ClN3O2/c19-15-6-3-5-14(13-15)17(23)21-9-4-10-22(12-11-21)18(24)20-16-7-1-2-8-16/h3,5-6,13,16H,1-2,4,7-12H2,(H,20,24). The summed E-state index contributed by atoms with van der Waals surface area (Å²) in [6, 6.07) is 7.36. The summed E-state index contributed by atoms with van der Waals surface area (Å²) in [4.78, 5) is 28.7. The molecule has 2 fully saturated rings. The second-order valence-corrected chi connectivity index (χ2v) is 7.01. The molecular formula is C18H24ClN3O2. The van der Waals surface area contributed by atoms with Crippen LogP contribution in [0.25, 0.3) is 0 Å². The summed E-state index contributed by atoms with van der Waals surface area (Å²) >= 11 is 5.97. The van der Waals surface area contributed by atoms with Gasteiger partial charge in [0, 0.05) is 42.8 Å². The molecule has 1 saturated carbocycles. The molecule has 0 aromatic heterocycles. The molecule has 3 amide bonds. The van der Waals surface area contributed by atoms with Gasteiger partial charge in [-0.25, -0.2) is 4.79 Å². The van der Waals surface area contributed by atoms with E-state index in [1.54, 1.807) is 24.3 Å². The molecule has 0 spiro atoms. The Morgan fingerprint density at radius 2 is 1.71 bits per heavy atom. The first-order valence-corrected chi connectivity index (χ1v) is 9.11. The monoisotopic (exact) mass is 349 g/mol. The fourth-order valence-corrected chi connectivity index (χ4v) is 3.65. The number of nitrogens with zero attached hydrogens (tertiary/aromatic N) is 2. The zero-order valence-electron chi connectivity index (χ0n) is 13.8. The molecule has 0 unspecified atom stereocenters. The SMILES string of the molecule is O=C(NC1CCCC1)N1CCCN(C(=O)c2cccc(Cl)c2)CC1. The van der Waals surface area contributed by atoms with E-state index in [4.69, 9.17) is 11.6 Å². The Bertz CT molecular complexity index is 602. The van der Waals surface area contributed by atoms with Crippen LogP contribution in [0.4, 0.5) is 4.79 Å². The van der Waals surface area contributed by atoms with Gasteiger partial charge in [0.25, 0.3) is 5.91 Å². The number of urea groups is 1. The molecule has 130 valence electrons. The van der Waals surface area contributed by atoms with Crippen molar-refractivity contribution in [2.75, 3.05) is 26.2 Å². The first-order valence-electron chi connectivity index (χ1n) is 8.74. The first kappa shape index (κ1) is 17.1. The van der Waals surface area contributed by atoms with Gasteiger partial charge in [-0.2, -0.15) is 0 Å². The van der Waals surface area contributed by atoms with Gasteiger partial charge >= 0.3 is 6.03 Å². The molecule has 5 nitrogen and oxygen atoms in total. The van der Waals surface area contributed by atoms with Crippen molar-refractivity contribution in [2.45, 2.75) is 38.1 Å². The second-order valence-electron chi connectivity index (χ2n) is 6.57. The molecule has 1 heterocycles. The lowest BCUT2D eigenvalue weighted by atomic mass is 10.2. The fraction of sp³-hybridized carbons (Fsp3) is 0.556. The maximum absolute atomic E-state index is 12.6. The molecule has 6 heteroatoms. The Balaban J connectivity index is 1.56. The van der Waals surface area contributed by atoms with Gasteiger partial charge in [0.2, 0.25) is 0 Å². The number of hydrogen-bond acceptors (Lipinski definition) is 2. The zero-order valence-corrected chi connectivity index (χ0v) is 14.6. The van der Waals surface area contributed by atoms with Crippen molar-refractivity contribution in [1.82, 2.24) is 15.1 Å². The third-order valence-corrected chi connectivity index (χ3v) is 5.06. The lowest BCUT2D eigenvalue weighted by molar-refractivity contribution is 0.0762. The van der Waals surface area contributed by atoms with E-state index in [0.717, 1.165) is 19.3 Å². The van der Waals surface area contributed by atoms with Crippen LogP contribution < -0.4 is 5.32 Å². The Morgan fingerprint density at radius 1 is 1.00 bits per heavy atom. The fourth-order valence-electron chi connectivity index (χ4n) is 3.46. The van der Waals surface area contributed by atoms with Crippen molar-refractivity contribution >= 4 is 23.5 Å². The number of benzene rings is 1. The van der Waals surface area contributed by atoms with E-state index in [9.17, 15) is 9.59 Å². The van der Waals surface area contributed by atoms with Gasteiger partial charge in [-0.15, -0.1) is 0 Å². The molecule has 2 aliphatic rings. The maximum atomic E-state index is 12.6. The summed E-state index contributed by atoms with van der Waals surface area (Å²) in [5.74, 6) is -0.0180.